The van der Waals surface area contributed by atoms with Crippen molar-refractivity contribution in [1.82, 2.24) is 5.32 Å². The average molecular weight is 724 g/mol. The van der Waals surface area contributed by atoms with Crippen molar-refractivity contribution in [1.29, 1.82) is 0 Å². The zero-order chi connectivity index (χ0) is 36.5. The van der Waals surface area contributed by atoms with E-state index in [9.17, 15) is 44.9 Å². The number of carbonyl (C=O) groups is 1. The molecule has 13 heteroatoms. The lowest BCUT2D eigenvalue weighted by Gasteiger charge is -2.41. The Morgan fingerprint density at radius 3 is 1.55 bits per heavy atom. The standard InChI is InChI=1S/C36H70NO11P/c1-3-5-7-9-11-13-15-16-18-20-22-24-26-30(39)37-28(29(38)25-23-21-19-17-14-12-10-8-6-4-2)27-47-49(45,46)48-36-34(43)32(41)31(40)33(42)35(36)44/h23,25,28-29,31-36,38,40-44H,3-22,24,26-27H2,1-2H3,(H,37,39)(H,45,46)/b25-23+/t28-,29+,31?,32+,33?,34?,35?,36?/m0/s1. The minimum absolute atomic E-state index is 0.217. The Morgan fingerprint density at radius 1 is 0.673 bits per heavy atom. The second-order valence-electron chi connectivity index (χ2n) is 13.8. The number of unbranched alkanes of at least 4 members (excludes halogenated alkanes) is 19. The number of amides is 1. The van der Waals surface area contributed by atoms with E-state index in [1.165, 1.54) is 89.5 Å². The Bertz CT molecular complexity index is 894. The number of hydrogen-bond donors (Lipinski definition) is 8. The summed E-state index contributed by atoms with van der Waals surface area (Å²) in [6.45, 7) is 3.77. The number of phosphoric acid groups is 1. The summed E-state index contributed by atoms with van der Waals surface area (Å²) in [6, 6.07) is -1.11. The van der Waals surface area contributed by atoms with Gasteiger partial charge in [0.05, 0.1) is 18.8 Å². The summed E-state index contributed by atoms with van der Waals surface area (Å²) in [5.41, 5.74) is 0. The quantitative estimate of drug-likeness (QED) is 0.0270. The highest BCUT2D eigenvalue weighted by Crippen LogP contribution is 2.47. The molecule has 12 nitrogen and oxygen atoms in total. The SMILES string of the molecule is CCCCCCCCCC/C=C/[C@@H](O)[C@H](COP(=O)(O)OC1C(O)C(O)C(O)[C@@H](O)C1O)NC(=O)CCCCCCCCCCCCCC. The van der Waals surface area contributed by atoms with Gasteiger partial charge in [0.2, 0.25) is 5.91 Å². The van der Waals surface area contributed by atoms with Gasteiger partial charge >= 0.3 is 7.82 Å². The van der Waals surface area contributed by atoms with Crippen molar-refractivity contribution in [3.8, 4) is 0 Å². The van der Waals surface area contributed by atoms with E-state index in [-0.39, 0.29) is 12.3 Å². The number of carbonyl (C=O) groups excluding carboxylic acids is 1. The van der Waals surface area contributed by atoms with Crippen molar-refractivity contribution in [2.45, 2.75) is 204 Å². The van der Waals surface area contributed by atoms with Gasteiger partial charge in [0.25, 0.3) is 0 Å². The topological polar surface area (TPSA) is 206 Å². The average Bonchev–Trinajstić information content (AvgIpc) is 3.08. The lowest BCUT2D eigenvalue weighted by atomic mass is 9.85. The van der Waals surface area contributed by atoms with Gasteiger partial charge in [0, 0.05) is 6.42 Å². The summed E-state index contributed by atoms with van der Waals surface area (Å²) in [4.78, 5) is 23.1. The lowest BCUT2D eigenvalue weighted by Crippen LogP contribution is -2.64. The summed E-state index contributed by atoms with van der Waals surface area (Å²) < 4.78 is 22.7. The Labute approximate surface area is 295 Å². The highest BCUT2D eigenvalue weighted by molar-refractivity contribution is 7.47. The van der Waals surface area contributed by atoms with Gasteiger partial charge in [0.15, 0.2) is 0 Å². The highest BCUT2D eigenvalue weighted by Gasteiger charge is 2.51. The second-order valence-corrected chi connectivity index (χ2v) is 15.2. The molecule has 6 unspecified atom stereocenters. The molecule has 1 rings (SSSR count). The van der Waals surface area contributed by atoms with E-state index < -0.39 is 63.2 Å². The summed E-state index contributed by atoms with van der Waals surface area (Å²) in [5.74, 6) is -0.344. The van der Waals surface area contributed by atoms with Crippen molar-refractivity contribution in [3.63, 3.8) is 0 Å². The first-order valence-electron chi connectivity index (χ1n) is 19.1. The van der Waals surface area contributed by atoms with E-state index >= 15 is 0 Å². The first-order chi connectivity index (χ1) is 23.4. The normalized spacial score (nSPS) is 25.3. The van der Waals surface area contributed by atoms with Gasteiger partial charge in [-0.1, -0.05) is 142 Å². The van der Waals surface area contributed by atoms with E-state index in [1.807, 2.05) is 6.08 Å². The van der Waals surface area contributed by atoms with Gasteiger partial charge in [-0.2, -0.15) is 0 Å². The van der Waals surface area contributed by atoms with E-state index in [0.717, 1.165) is 44.9 Å². The van der Waals surface area contributed by atoms with Crippen LogP contribution in [0.3, 0.4) is 0 Å². The molecular formula is C36H70NO11P. The van der Waals surface area contributed by atoms with Gasteiger partial charge in [-0.3, -0.25) is 13.8 Å². The van der Waals surface area contributed by atoms with Gasteiger partial charge in [-0.15, -0.1) is 0 Å². The Hall–Kier alpha value is -0.920. The van der Waals surface area contributed by atoms with Crippen molar-refractivity contribution in [2.75, 3.05) is 6.61 Å². The predicted molar refractivity (Wildman–Crippen MR) is 191 cm³/mol. The van der Waals surface area contributed by atoms with Crippen LogP contribution in [0.5, 0.6) is 0 Å². The first-order valence-corrected chi connectivity index (χ1v) is 20.6. The van der Waals surface area contributed by atoms with Crippen LogP contribution in [0.1, 0.15) is 155 Å². The molecule has 290 valence electrons. The minimum Gasteiger partial charge on any atom is -0.387 e. The first kappa shape index (κ1) is 46.1. The summed E-state index contributed by atoms with van der Waals surface area (Å²) in [7, 11) is -5.06. The van der Waals surface area contributed by atoms with E-state index in [1.54, 1.807) is 0 Å². The monoisotopic (exact) mass is 723 g/mol. The van der Waals surface area contributed by atoms with Crippen LogP contribution in [0.25, 0.3) is 0 Å². The molecule has 0 radical (unpaired) electrons. The van der Waals surface area contributed by atoms with Crippen LogP contribution in [0, 0.1) is 0 Å². The third-order valence-electron chi connectivity index (χ3n) is 9.32. The smallest absolute Gasteiger partial charge is 0.387 e. The molecule has 49 heavy (non-hydrogen) atoms. The summed E-state index contributed by atoms with van der Waals surface area (Å²) >= 11 is 0. The number of nitrogens with one attached hydrogen (secondary N) is 1. The molecule has 0 aromatic rings. The number of phosphoric ester groups is 1. The van der Waals surface area contributed by atoms with Crippen LogP contribution in [-0.2, 0) is 18.4 Å². The molecule has 0 bridgehead atoms. The fourth-order valence-electron chi connectivity index (χ4n) is 6.08. The van der Waals surface area contributed by atoms with Crippen LogP contribution < -0.4 is 5.32 Å². The number of allylic oxidation sites excluding steroid dienone is 1. The van der Waals surface area contributed by atoms with Crippen molar-refractivity contribution in [2.24, 2.45) is 0 Å². The number of hydrogen-bond acceptors (Lipinski definition) is 10. The number of rotatable bonds is 30. The van der Waals surface area contributed by atoms with Gasteiger partial charge < -0.3 is 40.8 Å². The Balaban J connectivity index is 2.61. The van der Waals surface area contributed by atoms with Crippen LogP contribution >= 0.6 is 7.82 Å². The van der Waals surface area contributed by atoms with Crippen molar-refractivity contribution in [3.05, 3.63) is 12.2 Å². The molecule has 0 saturated heterocycles. The fraction of sp³-hybridized carbons (Fsp3) is 0.917. The molecular weight excluding hydrogens is 653 g/mol. The van der Waals surface area contributed by atoms with Crippen LogP contribution in [0.15, 0.2) is 12.2 Å². The third kappa shape index (κ3) is 20.6. The van der Waals surface area contributed by atoms with Gasteiger partial charge in [-0.25, -0.2) is 4.57 Å². The molecule has 1 amide bonds. The van der Waals surface area contributed by atoms with Crippen LogP contribution in [-0.4, -0.2) is 96.8 Å². The van der Waals surface area contributed by atoms with Crippen molar-refractivity contribution >= 4 is 13.7 Å². The highest BCUT2D eigenvalue weighted by atomic mass is 31.2. The zero-order valence-electron chi connectivity index (χ0n) is 30.2. The molecule has 0 aromatic heterocycles. The van der Waals surface area contributed by atoms with Crippen molar-refractivity contribution < 1.29 is 53.9 Å². The maximum atomic E-state index is 12.8. The molecule has 0 aliphatic heterocycles. The second kappa shape index (κ2) is 27.7. The lowest BCUT2D eigenvalue weighted by molar-refractivity contribution is -0.220. The molecule has 1 saturated carbocycles. The number of aliphatic hydroxyl groups is 6. The van der Waals surface area contributed by atoms with E-state index in [4.69, 9.17) is 9.05 Å². The van der Waals surface area contributed by atoms with E-state index in [0.29, 0.717) is 6.42 Å². The molecule has 9 atom stereocenters. The molecule has 0 spiro atoms. The molecule has 8 N–H and O–H groups in total. The van der Waals surface area contributed by atoms with Crippen LogP contribution in [0.2, 0.25) is 0 Å². The van der Waals surface area contributed by atoms with Gasteiger partial charge in [0.1, 0.15) is 36.6 Å². The maximum Gasteiger partial charge on any atom is 0.472 e. The van der Waals surface area contributed by atoms with Crippen LogP contribution in [0.4, 0.5) is 0 Å². The Morgan fingerprint density at radius 2 is 1.08 bits per heavy atom. The zero-order valence-corrected chi connectivity index (χ0v) is 31.1. The molecule has 1 fully saturated rings. The molecule has 0 heterocycles. The third-order valence-corrected chi connectivity index (χ3v) is 10.3. The molecule has 0 aromatic carbocycles. The predicted octanol–water partition coefficient (Wildman–Crippen LogP) is 5.33. The molecule has 1 aliphatic carbocycles. The number of aliphatic hydroxyl groups excluding tert-OH is 6. The fourth-order valence-corrected chi connectivity index (χ4v) is 7.04. The minimum atomic E-state index is -5.06. The molecule has 1 aliphatic rings. The largest absolute Gasteiger partial charge is 0.472 e. The van der Waals surface area contributed by atoms with E-state index in [2.05, 4.69) is 19.2 Å². The summed E-state index contributed by atoms with van der Waals surface area (Å²) in [5, 5.41) is 63.5. The maximum absolute atomic E-state index is 12.8. The van der Waals surface area contributed by atoms with Gasteiger partial charge in [-0.05, 0) is 19.3 Å². The summed E-state index contributed by atoms with van der Waals surface area (Å²) in [6.07, 6.45) is 14.5. The Kier molecular flexibility index (Phi) is 26.1.